The summed E-state index contributed by atoms with van der Waals surface area (Å²) in [7, 11) is 1.41. The molecular weight excluding hydrogens is 678 g/mol. The fraction of sp³-hybridized carbons (Fsp3) is 0.474. The number of esters is 1. The van der Waals surface area contributed by atoms with Gasteiger partial charge in [-0.2, -0.15) is 0 Å². The van der Waals surface area contributed by atoms with E-state index in [4.69, 9.17) is 18.9 Å². The second kappa shape index (κ2) is 15.4. The maximum absolute atomic E-state index is 14.0. The molecule has 5 bridgehead atoms. The zero-order chi connectivity index (χ0) is 39.0. The second-order valence-electron chi connectivity index (χ2n) is 13.7. The van der Waals surface area contributed by atoms with E-state index in [1.54, 1.807) is 33.8 Å². The van der Waals surface area contributed by atoms with Crippen molar-refractivity contribution in [2.75, 3.05) is 12.4 Å². The number of benzene rings is 2. The van der Waals surface area contributed by atoms with Crippen molar-refractivity contribution in [3.63, 3.8) is 0 Å². The molecule has 5 rings (SSSR count). The number of hydrogen-bond acceptors (Lipinski definition) is 13. The minimum absolute atomic E-state index is 0.00425. The van der Waals surface area contributed by atoms with E-state index in [0.717, 1.165) is 6.26 Å². The highest BCUT2D eigenvalue weighted by atomic mass is 16.7. The summed E-state index contributed by atoms with van der Waals surface area (Å²) in [5, 5.41) is 58.2. The van der Waals surface area contributed by atoms with Crippen LogP contribution in [0.5, 0.6) is 23.0 Å². The van der Waals surface area contributed by atoms with Crippen molar-refractivity contribution in [3.05, 3.63) is 52.8 Å². The van der Waals surface area contributed by atoms with Crippen molar-refractivity contribution in [1.82, 2.24) is 0 Å². The van der Waals surface area contributed by atoms with Crippen LogP contribution in [0, 0.1) is 30.6 Å². The van der Waals surface area contributed by atoms with Crippen LogP contribution in [0.15, 0.2) is 36.1 Å². The first-order valence-corrected chi connectivity index (χ1v) is 16.9. The van der Waals surface area contributed by atoms with Gasteiger partial charge in [-0.1, -0.05) is 45.9 Å². The maximum Gasteiger partial charge on any atom is 0.312 e. The van der Waals surface area contributed by atoms with Crippen molar-refractivity contribution in [3.8, 4) is 23.0 Å². The van der Waals surface area contributed by atoms with E-state index in [1.807, 2.05) is 0 Å². The Morgan fingerprint density at radius 2 is 1.60 bits per heavy atom. The van der Waals surface area contributed by atoms with Gasteiger partial charge >= 0.3 is 11.8 Å². The van der Waals surface area contributed by atoms with E-state index in [2.05, 4.69) is 5.32 Å². The Kier molecular flexibility index (Phi) is 11.8. The van der Waals surface area contributed by atoms with Crippen LogP contribution in [0.4, 0.5) is 5.69 Å². The van der Waals surface area contributed by atoms with Crippen LogP contribution in [0.2, 0.25) is 0 Å². The molecule has 3 heterocycles. The SMILES string of the molecule is COC1/C=C\O[C@@]2(C)Oc3c(C)c(O)c4c(O)c(c(C=O)c(O)c4c3C2=O)NC(=O)/C(C)=C\C=C/C(C)C(O)C(C)C(O)C(C)C(OC(C)=O)C1C. The summed E-state index contributed by atoms with van der Waals surface area (Å²) in [4.78, 5) is 51.8. The summed E-state index contributed by atoms with van der Waals surface area (Å²) in [5.74, 6) is -9.19. The molecule has 14 nitrogen and oxygen atoms in total. The van der Waals surface area contributed by atoms with Gasteiger partial charge in [0.15, 0.2) is 12.0 Å². The lowest BCUT2D eigenvalue weighted by molar-refractivity contribution is -0.160. The molecule has 0 spiro atoms. The molecule has 6 N–H and O–H groups in total. The molecule has 9 atom stereocenters. The highest BCUT2D eigenvalue weighted by Crippen LogP contribution is 2.55. The third-order valence-electron chi connectivity index (χ3n) is 10.2. The largest absolute Gasteiger partial charge is 0.507 e. The highest BCUT2D eigenvalue weighted by molar-refractivity contribution is 6.23. The topological polar surface area (TPSA) is 218 Å². The maximum atomic E-state index is 14.0. The van der Waals surface area contributed by atoms with E-state index in [9.17, 15) is 44.7 Å². The number of aldehydes is 1. The predicted molar refractivity (Wildman–Crippen MR) is 189 cm³/mol. The molecule has 2 aromatic carbocycles. The summed E-state index contributed by atoms with van der Waals surface area (Å²) in [6, 6.07) is 0. The number of rotatable bonds is 3. The van der Waals surface area contributed by atoms with Gasteiger partial charge in [0, 0.05) is 61.2 Å². The first-order valence-electron chi connectivity index (χ1n) is 16.9. The minimum Gasteiger partial charge on any atom is -0.507 e. The van der Waals surface area contributed by atoms with E-state index >= 15 is 0 Å². The number of nitrogens with one attached hydrogen (secondary N) is 1. The number of ketones is 1. The van der Waals surface area contributed by atoms with Gasteiger partial charge < -0.3 is 49.8 Å². The summed E-state index contributed by atoms with van der Waals surface area (Å²) < 4.78 is 23.1. The number of aliphatic hydroxyl groups is 2. The summed E-state index contributed by atoms with van der Waals surface area (Å²) in [6.07, 6.45) is 3.41. The normalized spacial score (nSPS) is 32.3. The number of hydrogen-bond donors (Lipinski definition) is 6. The standard InChI is InChI=1S/C38H47NO13/c1-16-11-10-12-17(2)37(48)39-28-23(15-40)32(45)25-26(33(28)46)31(44)21(6)35-27(25)36(47)38(8,52-35)50-14-13-24(49-9)18(3)34(51-22(7)41)20(5)30(43)19(4)29(16)42/h10-16,18-20,24,29-30,34,42-46H,1-9H3,(H,39,48)/b11-10-,14-13-,17-12-/t16?,18?,19?,20?,24?,29?,30?,34?,38-/m0/s1. The van der Waals surface area contributed by atoms with Crippen LogP contribution < -0.4 is 10.1 Å². The number of anilines is 1. The van der Waals surface area contributed by atoms with Gasteiger partial charge in [-0.25, -0.2) is 0 Å². The monoisotopic (exact) mass is 725 g/mol. The molecule has 0 aromatic heterocycles. The van der Waals surface area contributed by atoms with Crippen molar-refractivity contribution in [2.24, 2.45) is 23.7 Å². The number of carbonyl (C=O) groups is 4. The van der Waals surface area contributed by atoms with Gasteiger partial charge in [-0.15, -0.1) is 0 Å². The molecule has 0 aliphatic carbocycles. The lowest BCUT2D eigenvalue weighted by atomic mass is 9.78. The van der Waals surface area contributed by atoms with Gasteiger partial charge in [0.25, 0.3) is 11.7 Å². The molecule has 282 valence electrons. The first kappa shape index (κ1) is 39.9. The summed E-state index contributed by atoms with van der Waals surface area (Å²) in [5.41, 5.74) is -1.27. The van der Waals surface area contributed by atoms with Crippen LogP contribution in [-0.4, -0.2) is 86.8 Å². The number of aromatic hydroxyl groups is 3. The number of carbonyl (C=O) groups excluding carboxylic acids is 4. The third kappa shape index (κ3) is 7.10. The molecule has 52 heavy (non-hydrogen) atoms. The molecule has 3 aliphatic heterocycles. The molecule has 14 heteroatoms. The minimum atomic E-state index is -2.08. The number of fused-ring (bicyclic) bond motifs is 14. The average Bonchev–Trinajstić information content (AvgIpc) is 3.36. The van der Waals surface area contributed by atoms with Gasteiger partial charge in [0.05, 0.1) is 46.8 Å². The number of Topliss-reactive ketones (excluding diaryl/α,β-unsaturated/α-hetero) is 1. The smallest absolute Gasteiger partial charge is 0.312 e. The molecule has 2 aromatic rings. The molecule has 0 radical (unpaired) electrons. The molecule has 8 unspecified atom stereocenters. The van der Waals surface area contributed by atoms with Crippen LogP contribution in [0.25, 0.3) is 10.8 Å². The highest BCUT2D eigenvalue weighted by Gasteiger charge is 2.50. The van der Waals surface area contributed by atoms with Gasteiger partial charge in [0.1, 0.15) is 23.4 Å². The Hall–Kier alpha value is -4.92. The Bertz CT molecular complexity index is 1860. The Morgan fingerprint density at radius 3 is 2.19 bits per heavy atom. The molecule has 3 aliphatic rings. The number of phenolic OH excluding ortho intramolecular Hbond substituents is 3. The molecule has 1 amide bonds. The van der Waals surface area contributed by atoms with Crippen molar-refractivity contribution >= 4 is 40.4 Å². The summed E-state index contributed by atoms with van der Waals surface area (Å²) >= 11 is 0. The van der Waals surface area contributed by atoms with Gasteiger partial charge in [-0.3, -0.25) is 19.2 Å². The molecule has 0 saturated carbocycles. The first-order chi connectivity index (χ1) is 24.3. The Labute approximate surface area is 301 Å². The molecular formula is C38H47NO13. The zero-order valence-corrected chi connectivity index (χ0v) is 30.6. The summed E-state index contributed by atoms with van der Waals surface area (Å²) in [6.45, 7) is 12.2. The second-order valence-corrected chi connectivity index (χ2v) is 13.7. The fourth-order valence-corrected chi connectivity index (χ4v) is 6.86. The number of amides is 1. The van der Waals surface area contributed by atoms with Gasteiger partial charge in [0.2, 0.25) is 0 Å². The van der Waals surface area contributed by atoms with Crippen molar-refractivity contribution < 1.29 is 63.7 Å². The Morgan fingerprint density at radius 1 is 0.942 bits per heavy atom. The number of allylic oxidation sites excluding steroid dienone is 2. The molecule has 0 fully saturated rings. The van der Waals surface area contributed by atoms with E-state index in [-0.39, 0.29) is 28.7 Å². The number of methoxy groups -OCH3 is 1. The predicted octanol–water partition coefficient (Wildman–Crippen LogP) is 4.57. The van der Waals surface area contributed by atoms with E-state index in [1.165, 1.54) is 53.0 Å². The van der Waals surface area contributed by atoms with E-state index in [0.29, 0.717) is 0 Å². The van der Waals surface area contributed by atoms with Crippen LogP contribution in [0.3, 0.4) is 0 Å². The van der Waals surface area contributed by atoms with Crippen molar-refractivity contribution in [2.45, 2.75) is 85.6 Å². The van der Waals surface area contributed by atoms with Crippen LogP contribution in [0.1, 0.15) is 74.7 Å². The van der Waals surface area contributed by atoms with Crippen molar-refractivity contribution in [1.29, 1.82) is 0 Å². The quantitative estimate of drug-likeness (QED) is 0.111. The number of aliphatic hydroxyl groups excluding tert-OH is 2. The lowest BCUT2D eigenvalue weighted by Crippen LogP contribution is -2.46. The number of phenols is 3. The van der Waals surface area contributed by atoms with Gasteiger partial charge in [-0.05, 0) is 19.9 Å². The third-order valence-corrected chi connectivity index (χ3v) is 10.2. The number of ether oxygens (including phenoxy) is 4. The van der Waals surface area contributed by atoms with Crippen LogP contribution >= 0.6 is 0 Å². The lowest BCUT2D eigenvalue weighted by Gasteiger charge is -2.38. The fourth-order valence-electron chi connectivity index (χ4n) is 6.86. The Balaban J connectivity index is 1.93. The molecule has 0 saturated heterocycles. The van der Waals surface area contributed by atoms with E-state index < -0.39 is 111 Å². The zero-order valence-electron chi connectivity index (χ0n) is 30.6. The average molecular weight is 726 g/mol. The van der Waals surface area contributed by atoms with Crippen LogP contribution in [-0.2, 0) is 23.8 Å².